The van der Waals surface area contributed by atoms with E-state index in [4.69, 9.17) is 11.6 Å². The highest BCUT2D eigenvalue weighted by atomic mass is 79.9. The second-order valence-corrected chi connectivity index (χ2v) is 10.5. The molecule has 0 amide bonds. The number of hydrogen-bond acceptors (Lipinski definition) is 10. The lowest BCUT2D eigenvalue weighted by Crippen LogP contribution is -2.57. The van der Waals surface area contributed by atoms with E-state index >= 15 is 0 Å². The van der Waals surface area contributed by atoms with Crippen LogP contribution in [-0.4, -0.2) is 96.1 Å². The Morgan fingerprint density at radius 3 is 1.78 bits per heavy atom. The number of hydrogen-bond donors (Lipinski definition) is 1. The van der Waals surface area contributed by atoms with E-state index in [1.807, 2.05) is 19.0 Å². The second-order valence-electron chi connectivity index (χ2n) is 8.27. The molecule has 0 aromatic carbocycles. The van der Waals surface area contributed by atoms with E-state index in [1.165, 1.54) is 31.4 Å². The molecule has 2 saturated heterocycles. The molecule has 12 nitrogen and oxygen atoms in total. The van der Waals surface area contributed by atoms with Crippen LogP contribution in [0.2, 0.25) is 5.15 Å². The summed E-state index contributed by atoms with van der Waals surface area (Å²) in [6.07, 6.45) is 2.99. The van der Waals surface area contributed by atoms with Crippen molar-refractivity contribution in [2.24, 2.45) is 0 Å². The maximum absolute atomic E-state index is 10.9. The first-order valence-corrected chi connectivity index (χ1v) is 12.4. The van der Waals surface area contributed by atoms with Crippen LogP contribution in [0.25, 0.3) is 0 Å². The van der Waals surface area contributed by atoms with E-state index in [0.717, 1.165) is 19.1 Å². The van der Waals surface area contributed by atoms with Crippen molar-refractivity contribution in [2.45, 2.75) is 12.1 Å². The minimum Gasteiger partial charge on any atom is -0.348 e. The number of halogens is 4. The Morgan fingerprint density at radius 1 is 0.944 bits per heavy atom. The highest BCUT2D eigenvalue weighted by Gasteiger charge is 2.33. The summed E-state index contributed by atoms with van der Waals surface area (Å²) in [7, 11) is 8.24. The van der Waals surface area contributed by atoms with Gasteiger partial charge in [0.25, 0.3) is 0 Å². The molecule has 2 aromatic rings. The summed E-state index contributed by atoms with van der Waals surface area (Å²) in [6, 6.07) is 4.04. The fourth-order valence-electron chi connectivity index (χ4n) is 2.93. The maximum atomic E-state index is 10.9. The predicted octanol–water partition coefficient (Wildman–Crippen LogP) is 3.85. The third kappa shape index (κ3) is 9.32. The van der Waals surface area contributed by atoms with E-state index in [2.05, 4.69) is 71.0 Å². The standard InChI is InChI=1S/C10H13BrN4O2.C5H2BrClN2O2.C5H12N2.ClH/c1-13(2)8-5-14(6-8)10-9(15(16)17)3-7(11)4-12-10;6-3-1-4(9(10)11)5(7)8-2-3;1-7(2)5-3-6-4-5;/h3-4,8H,5-6H2,1-2H3;1-2H;5-6H,3-4H2,1-2H3;1H. The normalized spacial score (nSPS) is 15.0. The molecule has 2 aliphatic heterocycles. The van der Waals surface area contributed by atoms with Gasteiger partial charge in [0.15, 0.2) is 0 Å². The van der Waals surface area contributed by atoms with Gasteiger partial charge in [0.1, 0.15) is 0 Å². The molecule has 0 bridgehead atoms. The van der Waals surface area contributed by atoms with Crippen molar-refractivity contribution < 1.29 is 9.85 Å². The molecule has 1 N–H and O–H groups in total. The first-order chi connectivity index (χ1) is 16.4. The molecule has 0 spiro atoms. The summed E-state index contributed by atoms with van der Waals surface area (Å²) < 4.78 is 1.16. The van der Waals surface area contributed by atoms with Crippen LogP contribution < -0.4 is 10.2 Å². The summed E-state index contributed by atoms with van der Waals surface area (Å²) in [5.41, 5.74) is -0.141. The van der Waals surface area contributed by atoms with Crippen molar-refractivity contribution in [1.82, 2.24) is 25.1 Å². The second kappa shape index (κ2) is 14.9. The number of aromatic nitrogens is 2. The molecular formula is C20H28Br2Cl2N8O4. The number of pyridine rings is 2. The Kier molecular flexibility index (Phi) is 13.4. The first kappa shape index (κ1) is 32.3. The van der Waals surface area contributed by atoms with Crippen molar-refractivity contribution in [2.75, 3.05) is 59.3 Å². The molecule has 0 radical (unpaired) electrons. The lowest BCUT2D eigenvalue weighted by Gasteiger charge is -2.43. The molecule has 16 heteroatoms. The van der Waals surface area contributed by atoms with Gasteiger partial charge in [-0.1, -0.05) is 11.6 Å². The Hall–Kier alpha value is -1.68. The summed E-state index contributed by atoms with van der Waals surface area (Å²) in [5.74, 6) is 0.455. The van der Waals surface area contributed by atoms with E-state index in [9.17, 15) is 20.2 Å². The number of anilines is 1. The fourth-order valence-corrected chi connectivity index (χ4v) is 3.74. The smallest absolute Gasteiger partial charge is 0.312 e. The van der Waals surface area contributed by atoms with Crippen LogP contribution >= 0.6 is 55.9 Å². The van der Waals surface area contributed by atoms with Gasteiger partial charge < -0.3 is 20.0 Å². The van der Waals surface area contributed by atoms with Gasteiger partial charge in [-0.2, -0.15) is 0 Å². The van der Waals surface area contributed by atoms with Crippen molar-refractivity contribution in [3.8, 4) is 0 Å². The average molecular weight is 675 g/mol. The Bertz CT molecular complexity index is 1040. The van der Waals surface area contributed by atoms with Crippen molar-refractivity contribution >= 4 is 73.1 Å². The predicted molar refractivity (Wildman–Crippen MR) is 149 cm³/mol. The quantitative estimate of drug-likeness (QED) is 0.283. The van der Waals surface area contributed by atoms with Crippen LogP contribution in [-0.2, 0) is 0 Å². The fraction of sp³-hybridized carbons (Fsp3) is 0.500. The number of nitrogens with one attached hydrogen (secondary N) is 1. The molecule has 2 aliphatic rings. The topological polar surface area (TPSA) is 134 Å². The number of nitro groups is 2. The molecule has 4 rings (SSSR count). The van der Waals surface area contributed by atoms with Crippen LogP contribution in [0.4, 0.5) is 17.2 Å². The highest BCUT2D eigenvalue weighted by molar-refractivity contribution is 9.10. The molecule has 200 valence electrons. The lowest BCUT2D eigenvalue weighted by atomic mass is 10.1. The zero-order valence-electron chi connectivity index (χ0n) is 20.1. The monoisotopic (exact) mass is 672 g/mol. The molecule has 4 heterocycles. The molecule has 0 unspecified atom stereocenters. The third-order valence-electron chi connectivity index (χ3n) is 5.38. The van der Waals surface area contributed by atoms with Crippen molar-refractivity contribution in [3.63, 3.8) is 0 Å². The van der Waals surface area contributed by atoms with Crippen LogP contribution in [0.15, 0.2) is 33.5 Å². The molecule has 2 aromatic heterocycles. The lowest BCUT2D eigenvalue weighted by molar-refractivity contribution is -0.385. The maximum Gasteiger partial charge on any atom is 0.312 e. The van der Waals surface area contributed by atoms with Crippen molar-refractivity contribution in [3.05, 3.63) is 58.9 Å². The van der Waals surface area contributed by atoms with Gasteiger partial charge >= 0.3 is 11.4 Å². The van der Waals surface area contributed by atoms with Gasteiger partial charge in [0.05, 0.1) is 9.85 Å². The first-order valence-electron chi connectivity index (χ1n) is 10.4. The van der Waals surface area contributed by atoms with Gasteiger partial charge in [0, 0.05) is 71.7 Å². The minimum atomic E-state index is -0.583. The highest BCUT2D eigenvalue weighted by Crippen LogP contribution is 2.32. The van der Waals surface area contributed by atoms with E-state index in [0.29, 0.717) is 20.8 Å². The van der Waals surface area contributed by atoms with E-state index in [-0.39, 0.29) is 28.9 Å². The van der Waals surface area contributed by atoms with Crippen LogP contribution in [0, 0.1) is 20.2 Å². The summed E-state index contributed by atoms with van der Waals surface area (Å²) in [6.45, 7) is 3.91. The summed E-state index contributed by atoms with van der Waals surface area (Å²) in [4.78, 5) is 34.2. The molecular weight excluding hydrogens is 647 g/mol. The molecule has 0 aliphatic carbocycles. The Labute approximate surface area is 237 Å². The van der Waals surface area contributed by atoms with E-state index < -0.39 is 9.85 Å². The van der Waals surface area contributed by atoms with Crippen molar-refractivity contribution in [1.29, 1.82) is 0 Å². The van der Waals surface area contributed by atoms with Gasteiger partial charge in [-0.25, -0.2) is 9.97 Å². The minimum absolute atomic E-state index is 0. The van der Waals surface area contributed by atoms with Gasteiger partial charge in [-0.15, -0.1) is 12.4 Å². The summed E-state index contributed by atoms with van der Waals surface area (Å²) in [5, 5.41) is 24.3. The largest absolute Gasteiger partial charge is 0.348 e. The third-order valence-corrected chi connectivity index (χ3v) is 6.54. The molecule has 0 atom stereocenters. The van der Waals surface area contributed by atoms with Gasteiger partial charge in [-0.05, 0) is 60.1 Å². The number of rotatable bonds is 5. The number of likely N-dealkylation sites (N-methyl/N-ethyl adjacent to an activating group) is 2. The molecule has 0 saturated carbocycles. The molecule has 36 heavy (non-hydrogen) atoms. The van der Waals surface area contributed by atoms with Gasteiger partial charge in [0.2, 0.25) is 11.0 Å². The zero-order valence-corrected chi connectivity index (χ0v) is 24.8. The average Bonchev–Trinajstić information content (AvgIpc) is 2.68. The molecule has 2 fully saturated rings. The van der Waals surface area contributed by atoms with Crippen LogP contribution in [0.3, 0.4) is 0 Å². The Balaban J connectivity index is 0.000000293. The van der Waals surface area contributed by atoms with Crippen LogP contribution in [0.5, 0.6) is 0 Å². The van der Waals surface area contributed by atoms with E-state index in [1.54, 1.807) is 6.20 Å². The SMILES string of the molecule is CN(C)C1CN(c2ncc(Br)cc2[N+](=O)[O-])C1.CN(C)C1CNC1.Cl.O=[N+]([O-])c1cc(Br)cnc1Cl. The summed E-state index contributed by atoms with van der Waals surface area (Å²) >= 11 is 11.7. The zero-order chi connectivity index (χ0) is 26.3. The number of nitrogens with zero attached hydrogens (tertiary/aromatic N) is 7. The van der Waals surface area contributed by atoms with Gasteiger partial charge in [-0.3, -0.25) is 20.2 Å². The van der Waals surface area contributed by atoms with Crippen LogP contribution in [0.1, 0.15) is 0 Å². The Morgan fingerprint density at radius 2 is 1.42 bits per heavy atom.